The summed E-state index contributed by atoms with van der Waals surface area (Å²) >= 11 is 0. The molecule has 0 aromatic heterocycles. The van der Waals surface area contributed by atoms with Crippen molar-refractivity contribution in [1.29, 1.82) is 0 Å². The van der Waals surface area contributed by atoms with Crippen LogP contribution >= 0.6 is 24.0 Å². The third kappa shape index (κ3) is 7.08. The molecule has 3 rings (SSSR count). The lowest BCUT2D eigenvalue weighted by Gasteiger charge is -2.33. The number of aliphatic imine (C=N–C) groups is 1. The Morgan fingerprint density at radius 1 is 1.04 bits per heavy atom. The SMILES string of the molecule is CCNC(=NCCN1CCN(CC)CC1)NC1CCN(c2ccccc2)C1.I. The number of rotatable bonds is 7. The molecule has 2 aliphatic rings. The highest BCUT2D eigenvalue weighted by molar-refractivity contribution is 14.0. The molecule has 2 aliphatic heterocycles. The number of halogens is 1. The average molecular weight is 500 g/mol. The fourth-order valence-corrected chi connectivity index (χ4v) is 3.90. The highest BCUT2D eigenvalue weighted by Gasteiger charge is 2.23. The highest BCUT2D eigenvalue weighted by Crippen LogP contribution is 2.19. The van der Waals surface area contributed by atoms with Crippen molar-refractivity contribution in [2.45, 2.75) is 26.3 Å². The second-order valence-corrected chi connectivity index (χ2v) is 7.45. The predicted octanol–water partition coefficient (Wildman–Crippen LogP) is 2.08. The molecule has 0 saturated carbocycles. The Morgan fingerprint density at radius 3 is 2.43 bits per heavy atom. The Morgan fingerprint density at radius 2 is 1.75 bits per heavy atom. The summed E-state index contributed by atoms with van der Waals surface area (Å²) in [6.45, 7) is 15.2. The van der Waals surface area contributed by atoms with Gasteiger partial charge in [-0.1, -0.05) is 25.1 Å². The zero-order chi connectivity index (χ0) is 18.9. The molecule has 1 unspecified atom stereocenters. The van der Waals surface area contributed by atoms with Crippen LogP contribution in [0.25, 0.3) is 0 Å². The number of nitrogens with one attached hydrogen (secondary N) is 2. The average Bonchev–Trinajstić information content (AvgIpc) is 3.18. The van der Waals surface area contributed by atoms with E-state index in [1.54, 1.807) is 0 Å². The third-order valence-corrected chi connectivity index (χ3v) is 5.59. The van der Waals surface area contributed by atoms with E-state index in [4.69, 9.17) is 4.99 Å². The van der Waals surface area contributed by atoms with Crippen molar-refractivity contribution in [3.8, 4) is 0 Å². The van der Waals surface area contributed by atoms with Crippen LogP contribution < -0.4 is 15.5 Å². The van der Waals surface area contributed by atoms with Crippen LogP contribution in [0.1, 0.15) is 20.3 Å². The lowest BCUT2D eigenvalue weighted by Crippen LogP contribution is -2.47. The van der Waals surface area contributed by atoms with Gasteiger partial charge in [-0.15, -0.1) is 24.0 Å². The smallest absolute Gasteiger partial charge is 0.191 e. The zero-order valence-corrected chi connectivity index (χ0v) is 19.8. The van der Waals surface area contributed by atoms with Gasteiger partial charge >= 0.3 is 0 Å². The molecule has 2 saturated heterocycles. The lowest BCUT2D eigenvalue weighted by molar-refractivity contribution is 0.140. The van der Waals surface area contributed by atoms with Gasteiger partial charge in [0.05, 0.1) is 6.54 Å². The Bertz CT molecular complexity index is 574. The van der Waals surface area contributed by atoms with Crippen LogP contribution in [0.5, 0.6) is 0 Å². The van der Waals surface area contributed by atoms with Gasteiger partial charge in [-0.05, 0) is 32.0 Å². The number of anilines is 1. The van der Waals surface area contributed by atoms with Crippen LogP contribution in [0.4, 0.5) is 5.69 Å². The Hall–Kier alpha value is -1.06. The number of piperazine rings is 1. The zero-order valence-electron chi connectivity index (χ0n) is 17.4. The molecule has 0 aliphatic carbocycles. The van der Waals surface area contributed by atoms with E-state index in [2.05, 4.69) is 69.5 Å². The van der Waals surface area contributed by atoms with Crippen molar-refractivity contribution in [2.24, 2.45) is 4.99 Å². The Labute approximate surface area is 187 Å². The molecule has 1 aromatic carbocycles. The van der Waals surface area contributed by atoms with E-state index >= 15 is 0 Å². The summed E-state index contributed by atoms with van der Waals surface area (Å²) in [5.41, 5.74) is 1.31. The van der Waals surface area contributed by atoms with Crippen molar-refractivity contribution in [1.82, 2.24) is 20.4 Å². The lowest BCUT2D eigenvalue weighted by atomic mass is 10.3. The van der Waals surface area contributed by atoms with Crippen molar-refractivity contribution >= 4 is 35.6 Å². The van der Waals surface area contributed by atoms with Gasteiger partial charge in [0.15, 0.2) is 5.96 Å². The van der Waals surface area contributed by atoms with E-state index < -0.39 is 0 Å². The van der Waals surface area contributed by atoms with Gasteiger partial charge in [-0.3, -0.25) is 9.89 Å². The first kappa shape index (κ1) is 23.2. The van der Waals surface area contributed by atoms with Gasteiger partial charge in [0.1, 0.15) is 0 Å². The number of benzene rings is 1. The number of nitrogens with zero attached hydrogens (tertiary/aromatic N) is 4. The molecule has 1 aromatic rings. The van der Waals surface area contributed by atoms with Crippen LogP contribution in [0.3, 0.4) is 0 Å². The fraction of sp³-hybridized carbons (Fsp3) is 0.667. The first-order valence-corrected chi connectivity index (χ1v) is 10.6. The van der Waals surface area contributed by atoms with Gasteiger partial charge < -0.3 is 20.4 Å². The van der Waals surface area contributed by atoms with Gasteiger partial charge in [0, 0.05) is 64.1 Å². The molecule has 2 fully saturated rings. The van der Waals surface area contributed by atoms with E-state index in [0.717, 1.165) is 45.1 Å². The molecule has 0 amide bonds. The molecule has 158 valence electrons. The molecular formula is C21H37IN6. The van der Waals surface area contributed by atoms with E-state index in [9.17, 15) is 0 Å². The van der Waals surface area contributed by atoms with E-state index in [1.807, 2.05) is 0 Å². The third-order valence-electron chi connectivity index (χ3n) is 5.59. The first-order chi connectivity index (χ1) is 13.3. The molecule has 0 spiro atoms. The second-order valence-electron chi connectivity index (χ2n) is 7.45. The van der Waals surface area contributed by atoms with Crippen molar-refractivity contribution < 1.29 is 0 Å². The summed E-state index contributed by atoms with van der Waals surface area (Å²) in [4.78, 5) is 12.3. The van der Waals surface area contributed by atoms with Crippen LogP contribution in [0, 0.1) is 0 Å². The first-order valence-electron chi connectivity index (χ1n) is 10.6. The normalized spacial score (nSPS) is 21.4. The van der Waals surface area contributed by atoms with Crippen molar-refractivity contribution in [2.75, 3.05) is 70.3 Å². The Kier molecular flexibility index (Phi) is 10.4. The van der Waals surface area contributed by atoms with E-state index in [-0.39, 0.29) is 24.0 Å². The predicted molar refractivity (Wildman–Crippen MR) is 130 cm³/mol. The van der Waals surface area contributed by atoms with Gasteiger partial charge in [-0.2, -0.15) is 0 Å². The van der Waals surface area contributed by atoms with E-state index in [1.165, 1.54) is 38.4 Å². The number of hydrogen-bond acceptors (Lipinski definition) is 4. The quantitative estimate of drug-likeness (QED) is 0.341. The summed E-state index contributed by atoms with van der Waals surface area (Å²) < 4.78 is 0. The van der Waals surface area contributed by atoms with Crippen LogP contribution in [0.15, 0.2) is 35.3 Å². The summed E-state index contributed by atoms with van der Waals surface area (Å²) in [5, 5.41) is 7.05. The number of para-hydroxylation sites is 1. The van der Waals surface area contributed by atoms with Gasteiger partial charge in [0.2, 0.25) is 0 Å². The van der Waals surface area contributed by atoms with E-state index in [0.29, 0.717) is 6.04 Å². The standard InChI is InChI=1S/C21H36N6.HI/c1-3-22-21(23-11-13-26-16-14-25(4-2)15-17-26)24-19-10-12-27(18-19)20-8-6-5-7-9-20;/h5-9,19H,3-4,10-18H2,1-2H3,(H2,22,23,24);1H. The topological polar surface area (TPSA) is 46.1 Å². The fourth-order valence-electron chi connectivity index (χ4n) is 3.90. The monoisotopic (exact) mass is 500 g/mol. The molecule has 7 heteroatoms. The summed E-state index contributed by atoms with van der Waals surface area (Å²) in [5.74, 6) is 0.963. The van der Waals surface area contributed by atoms with Crippen molar-refractivity contribution in [3.05, 3.63) is 30.3 Å². The number of likely N-dealkylation sites (N-methyl/N-ethyl adjacent to an activating group) is 1. The summed E-state index contributed by atoms with van der Waals surface area (Å²) in [6, 6.07) is 11.1. The molecule has 2 heterocycles. The molecule has 0 radical (unpaired) electrons. The van der Waals surface area contributed by atoms with Crippen molar-refractivity contribution in [3.63, 3.8) is 0 Å². The van der Waals surface area contributed by atoms with Gasteiger partial charge in [0.25, 0.3) is 0 Å². The number of guanidine groups is 1. The largest absolute Gasteiger partial charge is 0.369 e. The maximum Gasteiger partial charge on any atom is 0.191 e. The summed E-state index contributed by atoms with van der Waals surface area (Å²) in [6.07, 6.45) is 1.15. The van der Waals surface area contributed by atoms with Crippen LogP contribution in [-0.2, 0) is 0 Å². The molecule has 1 atom stereocenters. The minimum Gasteiger partial charge on any atom is -0.369 e. The van der Waals surface area contributed by atoms with Crippen LogP contribution in [-0.4, -0.2) is 87.2 Å². The minimum absolute atomic E-state index is 0. The maximum atomic E-state index is 4.83. The minimum atomic E-state index is 0. The molecule has 2 N–H and O–H groups in total. The van der Waals surface area contributed by atoms with Gasteiger partial charge in [-0.25, -0.2) is 0 Å². The molecule has 6 nitrogen and oxygen atoms in total. The molecule has 0 bridgehead atoms. The van der Waals surface area contributed by atoms with Crippen LogP contribution in [0.2, 0.25) is 0 Å². The Balaban J connectivity index is 0.00000280. The number of hydrogen-bond donors (Lipinski definition) is 2. The molecule has 28 heavy (non-hydrogen) atoms. The second kappa shape index (κ2) is 12.5. The molecular weight excluding hydrogens is 463 g/mol. The maximum absolute atomic E-state index is 4.83. The highest BCUT2D eigenvalue weighted by atomic mass is 127. The summed E-state index contributed by atoms with van der Waals surface area (Å²) in [7, 11) is 0.